The fraction of sp³-hybridized carbons (Fsp3) is 0.167. The van der Waals surface area contributed by atoms with Gasteiger partial charge < -0.3 is 16.0 Å². The van der Waals surface area contributed by atoms with Gasteiger partial charge in [0.15, 0.2) is 0 Å². The van der Waals surface area contributed by atoms with Crippen molar-refractivity contribution in [1.29, 1.82) is 0 Å². The standard InChI is InChI=1S/C24H22F3N5O4/c1-16-5-7-18(8-6-16)29-22(33)28-13-14-31(21-4-2-3-17(15-21)24(25,26)27)23(34)30-19-9-11-20(12-10-19)32(35)36/h2-12,15H,13-14H2,1H3,(H,30,34)(H2,28,29,33). The molecular formula is C24H22F3N5O4. The molecule has 0 bridgehead atoms. The lowest BCUT2D eigenvalue weighted by molar-refractivity contribution is -0.384. The number of alkyl halides is 3. The molecule has 188 valence electrons. The van der Waals surface area contributed by atoms with Gasteiger partial charge in [-0.3, -0.25) is 15.0 Å². The number of rotatable bonds is 7. The van der Waals surface area contributed by atoms with Crippen LogP contribution in [0.25, 0.3) is 0 Å². The third kappa shape index (κ3) is 7.19. The number of non-ortho nitro benzene ring substituents is 1. The zero-order chi connectivity index (χ0) is 26.3. The Morgan fingerprint density at radius 3 is 2.17 bits per heavy atom. The summed E-state index contributed by atoms with van der Waals surface area (Å²) >= 11 is 0. The van der Waals surface area contributed by atoms with Crippen LogP contribution in [0.3, 0.4) is 0 Å². The first-order valence-electron chi connectivity index (χ1n) is 10.6. The van der Waals surface area contributed by atoms with Gasteiger partial charge in [-0.15, -0.1) is 0 Å². The molecular weight excluding hydrogens is 479 g/mol. The number of nitrogens with one attached hydrogen (secondary N) is 3. The van der Waals surface area contributed by atoms with Crippen LogP contribution in [0.2, 0.25) is 0 Å². The summed E-state index contributed by atoms with van der Waals surface area (Å²) in [6.07, 6.45) is -4.62. The molecule has 0 unspecified atom stereocenters. The first-order chi connectivity index (χ1) is 17.0. The minimum Gasteiger partial charge on any atom is -0.336 e. The summed E-state index contributed by atoms with van der Waals surface area (Å²) in [6, 6.07) is 14.9. The number of nitro groups is 1. The number of nitrogens with zero attached hydrogens (tertiary/aromatic N) is 2. The zero-order valence-corrected chi connectivity index (χ0v) is 19.0. The van der Waals surface area contributed by atoms with Gasteiger partial charge in [-0.25, -0.2) is 9.59 Å². The molecule has 9 nitrogen and oxygen atoms in total. The van der Waals surface area contributed by atoms with E-state index in [1.54, 1.807) is 12.1 Å². The van der Waals surface area contributed by atoms with E-state index in [4.69, 9.17) is 0 Å². The third-order valence-electron chi connectivity index (χ3n) is 4.99. The average molecular weight is 501 g/mol. The first-order valence-corrected chi connectivity index (χ1v) is 10.6. The molecule has 0 saturated heterocycles. The summed E-state index contributed by atoms with van der Waals surface area (Å²) in [5, 5.41) is 18.5. The van der Waals surface area contributed by atoms with Crippen molar-refractivity contribution in [1.82, 2.24) is 5.32 Å². The maximum atomic E-state index is 13.2. The highest BCUT2D eigenvalue weighted by molar-refractivity contribution is 6.02. The second kappa shape index (κ2) is 11.2. The minimum atomic E-state index is -4.62. The maximum Gasteiger partial charge on any atom is 0.416 e. The summed E-state index contributed by atoms with van der Waals surface area (Å²) in [6.45, 7) is 1.65. The van der Waals surface area contributed by atoms with E-state index in [0.29, 0.717) is 5.69 Å². The summed E-state index contributed by atoms with van der Waals surface area (Å²) < 4.78 is 39.7. The van der Waals surface area contributed by atoms with Crippen molar-refractivity contribution < 1.29 is 27.7 Å². The number of hydrogen-bond acceptors (Lipinski definition) is 4. The Hall–Kier alpha value is -4.61. The van der Waals surface area contributed by atoms with Gasteiger partial charge in [0.25, 0.3) is 5.69 Å². The Bertz CT molecular complexity index is 1230. The van der Waals surface area contributed by atoms with Crippen LogP contribution in [0, 0.1) is 17.0 Å². The Labute approximate surface area is 204 Å². The number of carbonyl (C=O) groups excluding carboxylic acids is 2. The smallest absolute Gasteiger partial charge is 0.336 e. The number of halogens is 3. The third-order valence-corrected chi connectivity index (χ3v) is 4.99. The van der Waals surface area contributed by atoms with Crippen LogP contribution >= 0.6 is 0 Å². The molecule has 3 N–H and O–H groups in total. The summed E-state index contributed by atoms with van der Waals surface area (Å²) in [7, 11) is 0. The van der Waals surface area contributed by atoms with Crippen LogP contribution in [0.5, 0.6) is 0 Å². The SMILES string of the molecule is Cc1ccc(NC(=O)NCCN(C(=O)Nc2ccc([N+](=O)[O-])cc2)c2cccc(C(F)(F)F)c2)cc1. The topological polar surface area (TPSA) is 117 Å². The second-order valence-corrected chi connectivity index (χ2v) is 7.68. The maximum absolute atomic E-state index is 13.2. The molecule has 0 aliphatic heterocycles. The number of nitro benzene ring substituents is 1. The molecule has 12 heteroatoms. The molecule has 0 aliphatic rings. The number of amides is 4. The van der Waals surface area contributed by atoms with E-state index in [1.807, 2.05) is 19.1 Å². The molecule has 0 saturated carbocycles. The highest BCUT2D eigenvalue weighted by Crippen LogP contribution is 2.32. The molecule has 0 spiro atoms. The van der Waals surface area contributed by atoms with Gasteiger partial charge in [0.2, 0.25) is 0 Å². The van der Waals surface area contributed by atoms with Crippen LogP contribution in [-0.2, 0) is 6.18 Å². The lowest BCUT2D eigenvalue weighted by Crippen LogP contribution is -2.42. The predicted molar refractivity (Wildman–Crippen MR) is 129 cm³/mol. The van der Waals surface area contributed by atoms with E-state index in [2.05, 4.69) is 16.0 Å². The summed E-state index contributed by atoms with van der Waals surface area (Å²) in [5.74, 6) is 0. The largest absolute Gasteiger partial charge is 0.416 e. The quantitative estimate of drug-likeness (QED) is 0.281. The molecule has 0 aliphatic carbocycles. The number of anilines is 3. The lowest BCUT2D eigenvalue weighted by atomic mass is 10.2. The zero-order valence-electron chi connectivity index (χ0n) is 19.0. The van der Waals surface area contributed by atoms with Gasteiger partial charge >= 0.3 is 18.2 Å². The van der Waals surface area contributed by atoms with Crippen LogP contribution in [0.15, 0.2) is 72.8 Å². The van der Waals surface area contributed by atoms with E-state index in [9.17, 15) is 32.9 Å². The molecule has 0 radical (unpaired) electrons. The van der Waals surface area contributed by atoms with E-state index < -0.39 is 28.7 Å². The highest BCUT2D eigenvalue weighted by atomic mass is 19.4. The number of carbonyl (C=O) groups is 2. The summed E-state index contributed by atoms with van der Waals surface area (Å²) in [4.78, 5) is 36.4. The minimum absolute atomic E-state index is 0.0509. The molecule has 0 atom stereocenters. The van der Waals surface area contributed by atoms with Crippen molar-refractivity contribution in [2.45, 2.75) is 13.1 Å². The van der Waals surface area contributed by atoms with Crippen molar-refractivity contribution in [2.24, 2.45) is 0 Å². The predicted octanol–water partition coefficient (Wildman–Crippen LogP) is 5.78. The molecule has 0 aromatic heterocycles. The molecule has 3 rings (SSSR count). The van der Waals surface area contributed by atoms with Crippen molar-refractivity contribution in [3.8, 4) is 0 Å². The monoisotopic (exact) mass is 501 g/mol. The van der Waals surface area contributed by atoms with Gasteiger partial charge in [-0.05, 0) is 49.4 Å². The highest BCUT2D eigenvalue weighted by Gasteiger charge is 2.31. The lowest BCUT2D eigenvalue weighted by Gasteiger charge is -2.24. The second-order valence-electron chi connectivity index (χ2n) is 7.68. The fourth-order valence-electron chi connectivity index (χ4n) is 3.15. The van der Waals surface area contributed by atoms with Crippen molar-refractivity contribution in [3.63, 3.8) is 0 Å². The van der Waals surface area contributed by atoms with Gasteiger partial charge in [0.05, 0.1) is 10.5 Å². The van der Waals surface area contributed by atoms with Crippen LogP contribution < -0.4 is 20.9 Å². The van der Waals surface area contributed by atoms with Crippen molar-refractivity contribution >= 4 is 34.8 Å². The number of urea groups is 2. The molecule has 3 aromatic rings. The van der Waals surface area contributed by atoms with Crippen molar-refractivity contribution in [3.05, 3.63) is 94.0 Å². The van der Waals surface area contributed by atoms with Gasteiger partial charge in [0.1, 0.15) is 0 Å². The Kier molecular flexibility index (Phi) is 8.10. The average Bonchev–Trinajstić information content (AvgIpc) is 2.83. The number of aryl methyl sites for hydroxylation is 1. The van der Waals surface area contributed by atoms with Crippen molar-refractivity contribution in [2.75, 3.05) is 28.6 Å². The Balaban J connectivity index is 1.73. The van der Waals surface area contributed by atoms with E-state index >= 15 is 0 Å². The Morgan fingerprint density at radius 2 is 1.56 bits per heavy atom. The van der Waals surface area contributed by atoms with Gasteiger partial charge in [0, 0.05) is 42.3 Å². The van der Waals surface area contributed by atoms with E-state index in [1.165, 1.54) is 36.4 Å². The molecule has 36 heavy (non-hydrogen) atoms. The van der Waals surface area contributed by atoms with Gasteiger partial charge in [-0.2, -0.15) is 13.2 Å². The Morgan fingerprint density at radius 1 is 0.944 bits per heavy atom. The van der Waals surface area contributed by atoms with Gasteiger partial charge in [-0.1, -0.05) is 23.8 Å². The molecule has 0 heterocycles. The van der Waals surface area contributed by atoms with E-state index in [-0.39, 0.29) is 30.2 Å². The molecule has 0 fully saturated rings. The first kappa shape index (κ1) is 26.0. The molecule has 3 aromatic carbocycles. The molecule has 4 amide bonds. The van der Waals surface area contributed by atoms with Crippen LogP contribution in [0.4, 0.5) is 45.5 Å². The summed E-state index contributed by atoms with van der Waals surface area (Å²) in [5.41, 5.74) is 0.572. The normalized spacial score (nSPS) is 10.9. The van der Waals surface area contributed by atoms with Crippen LogP contribution in [-0.4, -0.2) is 30.1 Å². The van der Waals surface area contributed by atoms with E-state index in [0.717, 1.165) is 22.6 Å². The fourth-order valence-corrected chi connectivity index (χ4v) is 3.15. The number of hydrogen-bond donors (Lipinski definition) is 3. The van der Waals surface area contributed by atoms with Crippen LogP contribution in [0.1, 0.15) is 11.1 Å². The number of benzene rings is 3.